The van der Waals surface area contributed by atoms with E-state index in [2.05, 4.69) is 22.2 Å². The third-order valence-corrected chi connectivity index (χ3v) is 9.25. The number of carbonyl (C=O) groups is 3. The molecule has 0 saturated carbocycles. The van der Waals surface area contributed by atoms with Gasteiger partial charge in [-0.15, -0.1) is 11.3 Å². The van der Waals surface area contributed by atoms with Gasteiger partial charge in [-0.2, -0.15) is 0 Å². The number of piperazine rings is 1. The molecule has 0 spiro atoms. The summed E-state index contributed by atoms with van der Waals surface area (Å²) < 4.78 is 32.7. The van der Waals surface area contributed by atoms with Crippen molar-refractivity contribution in [3.63, 3.8) is 0 Å². The zero-order chi connectivity index (χ0) is 30.1. The summed E-state index contributed by atoms with van der Waals surface area (Å²) in [6, 6.07) is 5.15. The molecule has 1 aromatic heterocycles. The number of benzene rings is 1. The van der Waals surface area contributed by atoms with Crippen LogP contribution in [0.2, 0.25) is 0 Å². The van der Waals surface area contributed by atoms with E-state index in [0.717, 1.165) is 47.4 Å². The average Bonchev–Trinajstić information content (AvgIpc) is 3.67. The standard InChI is InChI=1S/C30H37F2N5O4S/c1-17(2)13-23(29(40)37-15-21(22(32)14-31)27-26(37)24(38)16-41-27)33-28(39)20-7-5-19(6-8-20)25-18(3)42-30(34-25)36-11-9-35(4)10-12-36/h5-8,14,17,21,23,26-27H,9-13,15-16H2,1-4H3,(H,33,39). The monoisotopic (exact) mass is 601 g/mol. The Balaban J connectivity index is 1.30. The van der Waals surface area contributed by atoms with E-state index in [4.69, 9.17) is 9.72 Å². The fourth-order valence-corrected chi connectivity index (χ4v) is 6.89. The van der Waals surface area contributed by atoms with Crippen molar-refractivity contribution in [1.29, 1.82) is 0 Å². The molecule has 0 radical (unpaired) electrons. The molecule has 2 aromatic rings. The summed E-state index contributed by atoms with van der Waals surface area (Å²) in [6.07, 6.45) is -0.786. The summed E-state index contributed by atoms with van der Waals surface area (Å²) in [5.74, 6) is -3.40. The number of thiazole rings is 1. The number of rotatable bonds is 8. The molecule has 5 rings (SSSR count). The number of ether oxygens (including phenoxy) is 1. The van der Waals surface area contributed by atoms with Crippen LogP contribution in [-0.4, -0.2) is 96.9 Å². The number of aryl methyl sites for hydroxylation is 1. The van der Waals surface area contributed by atoms with Gasteiger partial charge in [-0.1, -0.05) is 26.0 Å². The van der Waals surface area contributed by atoms with Gasteiger partial charge in [0, 0.05) is 48.7 Å². The summed E-state index contributed by atoms with van der Waals surface area (Å²) >= 11 is 1.66. The Morgan fingerprint density at radius 1 is 1.19 bits per heavy atom. The number of halogens is 2. The van der Waals surface area contributed by atoms with Crippen LogP contribution in [0.15, 0.2) is 36.4 Å². The number of hydrogen-bond acceptors (Lipinski definition) is 8. The first-order valence-corrected chi connectivity index (χ1v) is 15.1. The highest BCUT2D eigenvalue weighted by atomic mass is 32.1. The van der Waals surface area contributed by atoms with Crippen molar-refractivity contribution in [2.45, 2.75) is 45.4 Å². The number of likely N-dealkylation sites (tertiary alicyclic amines) is 1. The van der Waals surface area contributed by atoms with Crippen LogP contribution >= 0.6 is 11.3 Å². The van der Waals surface area contributed by atoms with Crippen LogP contribution < -0.4 is 10.2 Å². The Morgan fingerprint density at radius 2 is 1.88 bits per heavy atom. The van der Waals surface area contributed by atoms with Gasteiger partial charge in [-0.05, 0) is 38.4 Å². The highest BCUT2D eigenvalue weighted by Crippen LogP contribution is 2.37. The molecule has 3 saturated heterocycles. The minimum Gasteiger partial charge on any atom is -0.367 e. The first-order valence-electron chi connectivity index (χ1n) is 14.3. The third kappa shape index (κ3) is 6.11. The highest BCUT2D eigenvalue weighted by Gasteiger charge is 2.54. The van der Waals surface area contributed by atoms with Gasteiger partial charge in [0.1, 0.15) is 30.8 Å². The lowest BCUT2D eigenvalue weighted by Gasteiger charge is -2.32. The van der Waals surface area contributed by atoms with Crippen LogP contribution in [0.5, 0.6) is 0 Å². The number of fused-ring (bicyclic) bond motifs is 1. The van der Waals surface area contributed by atoms with Gasteiger partial charge < -0.3 is 24.8 Å². The number of aromatic nitrogens is 1. The molecule has 0 bridgehead atoms. The van der Waals surface area contributed by atoms with Crippen molar-refractivity contribution in [3.05, 3.63) is 46.9 Å². The molecule has 226 valence electrons. The summed E-state index contributed by atoms with van der Waals surface area (Å²) in [4.78, 5) is 51.3. The maximum atomic E-state index is 14.3. The second kappa shape index (κ2) is 12.6. The lowest BCUT2D eigenvalue weighted by Crippen LogP contribution is -2.52. The number of hydrogen-bond donors (Lipinski definition) is 1. The summed E-state index contributed by atoms with van der Waals surface area (Å²) in [7, 11) is 2.12. The molecule has 0 aliphatic carbocycles. The fourth-order valence-electron chi connectivity index (χ4n) is 5.90. The highest BCUT2D eigenvalue weighted by molar-refractivity contribution is 7.16. The average molecular weight is 602 g/mol. The number of anilines is 1. The maximum Gasteiger partial charge on any atom is 0.251 e. The molecule has 42 heavy (non-hydrogen) atoms. The summed E-state index contributed by atoms with van der Waals surface area (Å²) in [5.41, 5.74) is 2.15. The van der Waals surface area contributed by atoms with Gasteiger partial charge in [0.15, 0.2) is 10.9 Å². The van der Waals surface area contributed by atoms with E-state index in [1.807, 2.05) is 32.9 Å². The molecular formula is C30H37F2N5O4S. The van der Waals surface area contributed by atoms with E-state index in [1.54, 1.807) is 23.5 Å². The van der Waals surface area contributed by atoms with Gasteiger partial charge in [0.2, 0.25) is 5.91 Å². The quantitative estimate of drug-likeness (QED) is 0.494. The number of Topliss-reactive ketones (excluding diaryl/α,β-unsaturated/α-hetero) is 1. The Morgan fingerprint density at radius 3 is 2.52 bits per heavy atom. The minimum absolute atomic E-state index is 0.0379. The second-order valence-electron chi connectivity index (χ2n) is 11.7. The van der Waals surface area contributed by atoms with Crippen molar-refractivity contribution in [2.24, 2.45) is 11.8 Å². The van der Waals surface area contributed by atoms with Crippen LogP contribution in [0.3, 0.4) is 0 Å². The zero-order valence-corrected chi connectivity index (χ0v) is 25.1. The van der Waals surface area contributed by atoms with E-state index < -0.39 is 41.7 Å². The first kappa shape index (κ1) is 30.2. The molecule has 1 N–H and O–H groups in total. The Labute approximate surface area is 248 Å². The predicted molar refractivity (Wildman–Crippen MR) is 157 cm³/mol. The van der Waals surface area contributed by atoms with Crippen molar-refractivity contribution < 1.29 is 27.9 Å². The van der Waals surface area contributed by atoms with Gasteiger partial charge in [-0.3, -0.25) is 14.4 Å². The van der Waals surface area contributed by atoms with Crippen LogP contribution in [-0.2, 0) is 14.3 Å². The molecular weight excluding hydrogens is 564 g/mol. The molecule has 3 aliphatic heterocycles. The van der Waals surface area contributed by atoms with E-state index in [-0.39, 0.29) is 31.2 Å². The van der Waals surface area contributed by atoms with Crippen molar-refractivity contribution in [3.8, 4) is 11.3 Å². The SMILES string of the molecule is Cc1sc(N2CCN(C)CC2)nc1-c1ccc(C(=O)NC(CC(C)C)C(=O)N2CC(C(F)=CF)C3OCC(=O)C32)cc1. The normalized spacial score (nSPS) is 23.9. The summed E-state index contributed by atoms with van der Waals surface area (Å²) in [5, 5.41) is 3.82. The predicted octanol–water partition coefficient (Wildman–Crippen LogP) is 3.59. The minimum atomic E-state index is -1.07. The molecule has 3 fully saturated rings. The Kier molecular flexibility index (Phi) is 9.05. The van der Waals surface area contributed by atoms with Gasteiger partial charge in [-0.25, -0.2) is 13.8 Å². The van der Waals surface area contributed by atoms with Crippen LogP contribution in [0.4, 0.5) is 13.9 Å². The lowest BCUT2D eigenvalue weighted by molar-refractivity contribution is -0.138. The first-order chi connectivity index (χ1) is 20.1. The molecule has 1 aromatic carbocycles. The van der Waals surface area contributed by atoms with Crippen molar-refractivity contribution >= 4 is 34.1 Å². The molecule has 9 nitrogen and oxygen atoms in total. The topological polar surface area (TPSA) is 95.1 Å². The van der Waals surface area contributed by atoms with Gasteiger partial charge in [0.25, 0.3) is 5.91 Å². The van der Waals surface area contributed by atoms with E-state index in [0.29, 0.717) is 12.0 Å². The number of likely N-dealkylation sites (N-methyl/N-ethyl adjacent to an activating group) is 1. The number of amides is 2. The number of nitrogens with zero attached hydrogens (tertiary/aromatic N) is 4. The third-order valence-electron chi connectivity index (χ3n) is 8.22. The largest absolute Gasteiger partial charge is 0.367 e. The molecule has 4 atom stereocenters. The smallest absolute Gasteiger partial charge is 0.251 e. The molecule has 3 aliphatic rings. The van der Waals surface area contributed by atoms with E-state index in [1.165, 1.54) is 4.90 Å². The Bertz CT molecular complexity index is 1360. The van der Waals surface area contributed by atoms with Crippen LogP contribution in [0.25, 0.3) is 11.3 Å². The molecule has 4 heterocycles. The van der Waals surface area contributed by atoms with Gasteiger partial charge in [0.05, 0.1) is 17.7 Å². The van der Waals surface area contributed by atoms with Crippen molar-refractivity contribution in [2.75, 3.05) is 51.3 Å². The number of nitrogens with one attached hydrogen (secondary N) is 1. The number of ketones is 1. The molecule has 12 heteroatoms. The second-order valence-corrected chi connectivity index (χ2v) is 12.9. The lowest BCUT2D eigenvalue weighted by atomic mass is 10.00. The molecule has 4 unspecified atom stereocenters. The number of carbonyl (C=O) groups excluding carboxylic acids is 3. The summed E-state index contributed by atoms with van der Waals surface area (Å²) in [6.45, 7) is 9.25. The van der Waals surface area contributed by atoms with Crippen LogP contribution in [0.1, 0.15) is 35.5 Å². The molecule has 2 amide bonds. The zero-order valence-electron chi connectivity index (χ0n) is 24.3. The fraction of sp³-hybridized carbons (Fsp3) is 0.533. The van der Waals surface area contributed by atoms with Crippen LogP contribution in [0, 0.1) is 18.8 Å². The Hall–Kier alpha value is -3.22. The van der Waals surface area contributed by atoms with E-state index in [9.17, 15) is 23.2 Å². The van der Waals surface area contributed by atoms with E-state index >= 15 is 0 Å². The van der Waals surface area contributed by atoms with Crippen molar-refractivity contribution in [1.82, 2.24) is 20.1 Å². The van der Waals surface area contributed by atoms with Gasteiger partial charge >= 0.3 is 0 Å². The maximum absolute atomic E-state index is 14.3.